The Morgan fingerprint density at radius 2 is 2.33 bits per heavy atom. The molecule has 2 aromatic heterocycles. The fourth-order valence-electron chi connectivity index (χ4n) is 0.909. The van der Waals surface area contributed by atoms with Gasteiger partial charge in [-0.05, 0) is 28.7 Å². The summed E-state index contributed by atoms with van der Waals surface area (Å²) in [5.41, 5.74) is 6.12. The van der Waals surface area contributed by atoms with Crippen molar-refractivity contribution in [2.75, 3.05) is 5.73 Å². The largest absolute Gasteiger partial charge is 0.366 e. The molecule has 0 saturated heterocycles. The summed E-state index contributed by atoms with van der Waals surface area (Å²) in [6.45, 7) is 0. The number of anilines is 1. The van der Waals surface area contributed by atoms with Crippen LogP contribution in [0.25, 0.3) is 5.65 Å². The van der Waals surface area contributed by atoms with Crippen molar-refractivity contribution >= 4 is 45.8 Å². The van der Waals surface area contributed by atoms with E-state index >= 15 is 0 Å². The summed E-state index contributed by atoms with van der Waals surface area (Å²) < 4.78 is 2.46. The summed E-state index contributed by atoms with van der Waals surface area (Å²) in [5.74, 6) is 0.259. The molecule has 0 spiro atoms. The van der Waals surface area contributed by atoms with E-state index in [9.17, 15) is 0 Å². The van der Waals surface area contributed by atoms with Crippen molar-refractivity contribution in [2.45, 2.75) is 0 Å². The zero-order valence-electron chi connectivity index (χ0n) is 5.83. The van der Waals surface area contributed by atoms with Crippen molar-refractivity contribution in [3.05, 3.63) is 20.9 Å². The lowest BCUT2D eigenvalue weighted by molar-refractivity contribution is 0.965. The maximum Gasteiger partial charge on any atom is 0.240 e. The average molecular weight is 294 g/mol. The SMILES string of the molecule is Nc1nc2c(I)c(Cl)ccn2n1. The summed E-state index contributed by atoms with van der Waals surface area (Å²) in [6.07, 6.45) is 1.73. The van der Waals surface area contributed by atoms with E-state index in [-0.39, 0.29) is 5.95 Å². The minimum Gasteiger partial charge on any atom is -0.366 e. The first-order valence-electron chi connectivity index (χ1n) is 3.14. The quantitative estimate of drug-likeness (QED) is 0.750. The molecular formula is C6H4ClIN4. The molecule has 2 aromatic rings. The third-order valence-corrected chi connectivity index (χ3v) is 3.11. The van der Waals surface area contributed by atoms with Gasteiger partial charge in [-0.3, -0.25) is 0 Å². The fourth-order valence-corrected chi connectivity index (χ4v) is 1.60. The number of rotatable bonds is 0. The van der Waals surface area contributed by atoms with Crippen LogP contribution in [-0.4, -0.2) is 14.6 Å². The first kappa shape index (κ1) is 8.06. The van der Waals surface area contributed by atoms with E-state index in [0.29, 0.717) is 10.7 Å². The van der Waals surface area contributed by atoms with E-state index in [1.54, 1.807) is 16.8 Å². The predicted octanol–water partition coefficient (Wildman–Crippen LogP) is 1.57. The molecule has 0 aromatic carbocycles. The highest BCUT2D eigenvalue weighted by Gasteiger charge is 2.06. The zero-order valence-corrected chi connectivity index (χ0v) is 8.74. The Balaban J connectivity index is 2.89. The van der Waals surface area contributed by atoms with Crippen LogP contribution in [0.3, 0.4) is 0 Å². The summed E-state index contributed by atoms with van der Waals surface area (Å²) in [6, 6.07) is 1.75. The van der Waals surface area contributed by atoms with Crippen molar-refractivity contribution in [2.24, 2.45) is 0 Å². The average Bonchev–Trinajstić information content (AvgIpc) is 2.39. The second kappa shape index (κ2) is 2.74. The van der Waals surface area contributed by atoms with Crippen LogP contribution in [0.1, 0.15) is 0 Å². The van der Waals surface area contributed by atoms with Crippen molar-refractivity contribution < 1.29 is 0 Å². The first-order valence-corrected chi connectivity index (χ1v) is 4.60. The number of hydrogen-bond acceptors (Lipinski definition) is 3. The molecule has 0 aliphatic heterocycles. The molecule has 0 saturated carbocycles. The maximum atomic E-state index is 5.87. The Kier molecular flexibility index (Phi) is 1.84. The smallest absolute Gasteiger partial charge is 0.240 e. The molecule has 12 heavy (non-hydrogen) atoms. The van der Waals surface area contributed by atoms with Crippen molar-refractivity contribution in [3.8, 4) is 0 Å². The van der Waals surface area contributed by atoms with Gasteiger partial charge in [0.25, 0.3) is 0 Å². The molecule has 0 amide bonds. The van der Waals surface area contributed by atoms with E-state index in [2.05, 4.69) is 32.7 Å². The van der Waals surface area contributed by atoms with Gasteiger partial charge < -0.3 is 5.73 Å². The summed E-state index contributed by atoms with van der Waals surface area (Å²) in [5, 5.41) is 4.60. The monoisotopic (exact) mass is 294 g/mol. The molecule has 0 atom stereocenters. The van der Waals surface area contributed by atoms with Crippen LogP contribution in [-0.2, 0) is 0 Å². The van der Waals surface area contributed by atoms with Crippen LogP contribution in [0.2, 0.25) is 5.02 Å². The lowest BCUT2D eigenvalue weighted by atomic mass is 10.5. The number of hydrogen-bond donors (Lipinski definition) is 1. The van der Waals surface area contributed by atoms with Gasteiger partial charge in [-0.15, -0.1) is 5.10 Å². The van der Waals surface area contributed by atoms with Gasteiger partial charge in [0, 0.05) is 6.20 Å². The van der Waals surface area contributed by atoms with Gasteiger partial charge in [-0.25, -0.2) is 4.52 Å². The highest BCUT2D eigenvalue weighted by Crippen LogP contribution is 2.21. The summed E-state index contributed by atoms with van der Waals surface area (Å²) in [4.78, 5) is 4.01. The van der Waals surface area contributed by atoms with Gasteiger partial charge in [0.1, 0.15) is 0 Å². The molecule has 2 N–H and O–H groups in total. The van der Waals surface area contributed by atoms with Crippen LogP contribution in [0.4, 0.5) is 5.95 Å². The van der Waals surface area contributed by atoms with Crippen LogP contribution in [0.15, 0.2) is 12.3 Å². The van der Waals surface area contributed by atoms with Crippen LogP contribution < -0.4 is 5.73 Å². The van der Waals surface area contributed by atoms with Crippen molar-refractivity contribution in [1.82, 2.24) is 14.6 Å². The highest BCUT2D eigenvalue weighted by molar-refractivity contribution is 14.1. The first-order chi connectivity index (χ1) is 5.68. The Hall–Kier alpha value is -0.560. The maximum absolute atomic E-state index is 5.87. The Labute approximate surface area is 86.9 Å². The van der Waals surface area contributed by atoms with Gasteiger partial charge in [0.15, 0.2) is 5.65 Å². The summed E-state index contributed by atoms with van der Waals surface area (Å²) in [7, 11) is 0. The van der Waals surface area contributed by atoms with Crippen LogP contribution >= 0.6 is 34.2 Å². The van der Waals surface area contributed by atoms with Gasteiger partial charge in [0.05, 0.1) is 8.59 Å². The minimum absolute atomic E-state index is 0.259. The van der Waals surface area contributed by atoms with E-state index in [4.69, 9.17) is 17.3 Å². The Bertz CT molecular complexity index is 438. The predicted molar refractivity (Wildman–Crippen MR) is 55.1 cm³/mol. The minimum atomic E-state index is 0.259. The molecule has 62 valence electrons. The Morgan fingerprint density at radius 3 is 3.08 bits per heavy atom. The number of nitrogen functional groups attached to an aromatic ring is 1. The number of nitrogens with two attached hydrogens (primary N) is 1. The number of fused-ring (bicyclic) bond motifs is 1. The second-order valence-electron chi connectivity index (χ2n) is 2.22. The van der Waals surface area contributed by atoms with E-state index < -0.39 is 0 Å². The number of halogens is 2. The third kappa shape index (κ3) is 1.13. The highest BCUT2D eigenvalue weighted by atomic mass is 127. The molecule has 0 bridgehead atoms. The van der Waals surface area contributed by atoms with Gasteiger partial charge in [-0.1, -0.05) is 11.6 Å². The van der Waals surface area contributed by atoms with Gasteiger partial charge >= 0.3 is 0 Å². The van der Waals surface area contributed by atoms with Crippen molar-refractivity contribution in [3.63, 3.8) is 0 Å². The molecular weight excluding hydrogens is 290 g/mol. The number of aromatic nitrogens is 3. The molecule has 0 unspecified atom stereocenters. The fraction of sp³-hybridized carbons (Fsp3) is 0. The third-order valence-electron chi connectivity index (χ3n) is 1.42. The molecule has 6 heteroatoms. The normalized spacial score (nSPS) is 10.8. The standard InChI is InChI=1S/C6H4ClIN4/c7-3-1-2-12-5(4(3)8)10-6(9)11-12/h1-2H,(H2,9,11). The molecule has 0 radical (unpaired) electrons. The van der Waals surface area contributed by atoms with Gasteiger partial charge in [-0.2, -0.15) is 4.98 Å². The van der Waals surface area contributed by atoms with E-state index in [0.717, 1.165) is 3.57 Å². The lowest BCUT2D eigenvalue weighted by Crippen LogP contribution is -1.89. The molecule has 2 heterocycles. The molecule has 0 fully saturated rings. The van der Waals surface area contributed by atoms with Crippen LogP contribution in [0.5, 0.6) is 0 Å². The van der Waals surface area contributed by atoms with E-state index in [1.807, 2.05) is 0 Å². The van der Waals surface area contributed by atoms with E-state index in [1.165, 1.54) is 0 Å². The van der Waals surface area contributed by atoms with Crippen LogP contribution in [0, 0.1) is 3.57 Å². The topological polar surface area (TPSA) is 56.2 Å². The van der Waals surface area contributed by atoms with Gasteiger partial charge in [0.2, 0.25) is 5.95 Å². The number of pyridine rings is 1. The zero-order chi connectivity index (χ0) is 8.72. The second-order valence-corrected chi connectivity index (χ2v) is 3.70. The lowest BCUT2D eigenvalue weighted by Gasteiger charge is -1.95. The molecule has 0 aliphatic carbocycles. The molecule has 0 aliphatic rings. The molecule has 4 nitrogen and oxygen atoms in total. The number of nitrogens with zero attached hydrogens (tertiary/aromatic N) is 3. The molecule has 2 rings (SSSR count). The summed E-state index contributed by atoms with van der Waals surface area (Å²) >= 11 is 7.97. The Morgan fingerprint density at radius 1 is 1.58 bits per heavy atom. The van der Waals surface area contributed by atoms with Crippen molar-refractivity contribution in [1.29, 1.82) is 0 Å².